The van der Waals surface area contributed by atoms with Crippen LogP contribution in [0, 0.1) is 5.41 Å². The van der Waals surface area contributed by atoms with Crippen LogP contribution in [0.3, 0.4) is 0 Å². The highest BCUT2D eigenvalue weighted by Crippen LogP contribution is 2.47. The summed E-state index contributed by atoms with van der Waals surface area (Å²) in [5, 5.41) is 0. The minimum Gasteiger partial charge on any atom is -0.378 e. The number of anilines is 1. The summed E-state index contributed by atoms with van der Waals surface area (Å²) in [5.41, 5.74) is 2.29. The lowest BCUT2D eigenvalue weighted by molar-refractivity contribution is 0.0710. The van der Waals surface area contributed by atoms with Crippen molar-refractivity contribution in [2.45, 2.75) is 12.8 Å². The van der Waals surface area contributed by atoms with Gasteiger partial charge in [0.25, 0.3) is 0 Å². The molecule has 0 bridgehead atoms. The molecule has 2 heterocycles. The minimum atomic E-state index is -0.947. The summed E-state index contributed by atoms with van der Waals surface area (Å²) >= 11 is 0. The number of hydrogen-bond donors (Lipinski definition) is 0. The summed E-state index contributed by atoms with van der Waals surface area (Å²) in [5.74, 6) is 0.851. The zero-order chi connectivity index (χ0) is 17.0. The molecule has 2 aliphatic carbocycles. The van der Waals surface area contributed by atoms with Crippen molar-refractivity contribution in [2.24, 2.45) is 5.41 Å². The summed E-state index contributed by atoms with van der Waals surface area (Å²) < 4.78 is 5.40. The first kappa shape index (κ1) is 14.8. The van der Waals surface area contributed by atoms with Gasteiger partial charge in [0, 0.05) is 30.4 Å². The Labute approximate surface area is 145 Å². The smallest absolute Gasteiger partial charge is 0.178 e. The molecule has 0 N–H and O–H groups in total. The van der Waals surface area contributed by atoms with Gasteiger partial charge < -0.3 is 9.64 Å². The average Bonchev–Trinajstić information content (AvgIpc) is 3.15. The van der Waals surface area contributed by atoms with Crippen LogP contribution in [-0.4, -0.2) is 42.9 Å². The van der Waals surface area contributed by atoms with Crippen molar-refractivity contribution in [1.82, 2.24) is 4.98 Å². The fraction of sp³-hybridized carbons (Fsp3) is 0.350. The van der Waals surface area contributed by atoms with E-state index in [1.165, 1.54) is 0 Å². The maximum atomic E-state index is 13.0. The highest BCUT2D eigenvalue weighted by Gasteiger charge is 2.55. The maximum Gasteiger partial charge on any atom is 0.178 e. The van der Waals surface area contributed by atoms with Crippen LogP contribution in [0.1, 0.15) is 31.8 Å². The summed E-state index contributed by atoms with van der Waals surface area (Å²) in [4.78, 5) is 32.8. The summed E-state index contributed by atoms with van der Waals surface area (Å²) in [6.45, 7) is 3.05. The van der Waals surface area contributed by atoms with Crippen LogP contribution in [0.2, 0.25) is 0 Å². The quantitative estimate of drug-likeness (QED) is 0.748. The number of ketones is 2. The van der Waals surface area contributed by atoms with Gasteiger partial charge in [0.05, 0.1) is 13.2 Å². The molecule has 1 saturated heterocycles. The lowest BCUT2D eigenvalue weighted by atomic mass is 9.80. The molecule has 0 unspecified atom stereocenters. The van der Waals surface area contributed by atoms with E-state index in [-0.39, 0.29) is 11.6 Å². The van der Waals surface area contributed by atoms with Crippen molar-refractivity contribution < 1.29 is 14.3 Å². The van der Waals surface area contributed by atoms with E-state index in [0.29, 0.717) is 37.2 Å². The largest absolute Gasteiger partial charge is 0.378 e. The summed E-state index contributed by atoms with van der Waals surface area (Å²) in [7, 11) is 0. The number of aromatic nitrogens is 1. The molecule has 3 aliphatic rings. The third-order valence-electron chi connectivity index (χ3n) is 5.67. The molecule has 2 aromatic rings. The van der Waals surface area contributed by atoms with E-state index in [1.807, 2.05) is 18.3 Å². The summed E-state index contributed by atoms with van der Waals surface area (Å²) in [6.07, 6.45) is 2.79. The number of ether oxygens (including phenoxy) is 1. The molecule has 0 saturated carbocycles. The van der Waals surface area contributed by atoms with E-state index in [9.17, 15) is 9.59 Å². The molecular formula is C20H18N2O3. The monoisotopic (exact) mass is 334 g/mol. The van der Waals surface area contributed by atoms with Crippen molar-refractivity contribution in [2.75, 3.05) is 31.2 Å². The minimum absolute atomic E-state index is 0.0303. The number of carbonyl (C=O) groups excluding carboxylic acids is 2. The molecule has 1 aliphatic heterocycles. The van der Waals surface area contributed by atoms with E-state index in [1.54, 1.807) is 12.1 Å². The number of rotatable bonds is 1. The van der Waals surface area contributed by atoms with E-state index >= 15 is 0 Å². The average molecular weight is 334 g/mol. The van der Waals surface area contributed by atoms with E-state index in [0.717, 1.165) is 30.0 Å². The molecule has 1 aromatic heterocycles. The first-order valence-electron chi connectivity index (χ1n) is 8.68. The lowest BCUT2D eigenvalue weighted by Crippen LogP contribution is -2.36. The van der Waals surface area contributed by atoms with Gasteiger partial charge in [0.1, 0.15) is 11.2 Å². The van der Waals surface area contributed by atoms with Gasteiger partial charge in [0.15, 0.2) is 11.6 Å². The van der Waals surface area contributed by atoms with Crippen LogP contribution in [0.15, 0.2) is 36.5 Å². The fourth-order valence-corrected chi connectivity index (χ4v) is 4.33. The molecule has 126 valence electrons. The standard InChI is InChI=1S/C20H18N2O3/c23-18-15-3-1-2-4-16(15)19(24)20(18)10-13-9-17(21-12-14(13)11-20)22-5-7-25-8-6-22/h1-4,9,12H,5-8,10-11H2. The van der Waals surface area contributed by atoms with Gasteiger partial charge in [0.2, 0.25) is 0 Å². The molecule has 0 radical (unpaired) electrons. The first-order chi connectivity index (χ1) is 12.2. The Morgan fingerprint density at radius 3 is 2.28 bits per heavy atom. The van der Waals surface area contributed by atoms with Gasteiger partial charge in [-0.1, -0.05) is 24.3 Å². The second-order valence-electron chi connectivity index (χ2n) is 7.05. The predicted molar refractivity (Wildman–Crippen MR) is 92.2 cm³/mol. The number of fused-ring (bicyclic) bond motifs is 2. The molecule has 5 nitrogen and oxygen atoms in total. The number of hydrogen-bond acceptors (Lipinski definition) is 5. The van der Waals surface area contributed by atoms with Gasteiger partial charge in [-0.2, -0.15) is 0 Å². The molecule has 5 rings (SSSR count). The van der Waals surface area contributed by atoms with Crippen molar-refractivity contribution in [3.63, 3.8) is 0 Å². The SMILES string of the molecule is O=C1c2ccccc2C(=O)C12Cc1cnc(N3CCOCC3)cc1C2. The Kier molecular flexibility index (Phi) is 3.09. The van der Waals surface area contributed by atoms with Crippen LogP contribution >= 0.6 is 0 Å². The van der Waals surface area contributed by atoms with Crippen LogP contribution in [0.5, 0.6) is 0 Å². The third kappa shape index (κ3) is 2.02. The summed E-state index contributed by atoms with van der Waals surface area (Å²) in [6, 6.07) is 9.24. The molecule has 1 spiro atoms. The van der Waals surface area contributed by atoms with Crippen molar-refractivity contribution in [3.8, 4) is 0 Å². The molecule has 25 heavy (non-hydrogen) atoms. The lowest BCUT2D eigenvalue weighted by Gasteiger charge is -2.28. The number of nitrogens with zero attached hydrogens (tertiary/aromatic N) is 2. The highest BCUT2D eigenvalue weighted by molar-refractivity contribution is 6.30. The predicted octanol–water partition coefficient (Wildman–Crippen LogP) is 2.08. The Balaban J connectivity index is 1.51. The van der Waals surface area contributed by atoms with Gasteiger partial charge in [-0.25, -0.2) is 4.98 Å². The maximum absolute atomic E-state index is 13.0. The Morgan fingerprint density at radius 1 is 0.960 bits per heavy atom. The second-order valence-corrected chi connectivity index (χ2v) is 7.05. The normalized spacial score (nSPS) is 20.9. The van der Waals surface area contributed by atoms with E-state index in [4.69, 9.17) is 4.74 Å². The molecular weight excluding hydrogens is 316 g/mol. The van der Waals surface area contributed by atoms with Gasteiger partial charge in [-0.15, -0.1) is 0 Å². The Bertz CT molecular complexity index is 865. The number of Topliss-reactive ketones (excluding diaryl/α,β-unsaturated/α-hetero) is 2. The van der Waals surface area contributed by atoms with Crippen LogP contribution in [0.25, 0.3) is 0 Å². The van der Waals surface area contributed by atoms with Gasteiger partial charge in [-0.05, 0) is 30.0 Å². The molecule has 1 fully saturated rings. The number of benzene rings is 1. The second kappa shape index (κ2) is 5.23. The van der Waals surface area contributed by atoms with Crippen LogP contribution in [0.4, 0.5) is 5.82 Å². The molecule has 1 aromatic carbocycles. The Hall–Kier alpha value is -2.53. The van der Waals surface area contributed by atoms with Crippen LogP contribution in [-0.2, 0) is 17.6 Å². The zero-order valence-electron chi connectivity index (χ0n) is 13.8. The third-order valence-corrected chi connectivity index (χ3v) is 5.67. The first-order valence-corrected chi connectivity index (χ1v) is 8.68. The molecule has 0 atom stereocenters. The zero-order valence-corrected chi connectivity index (χ0v) is 13.8. The molecule has 5 heteroatoms. The van der Waals surface area contributed by atoms with Crippen molar-refractivity contribution >= 4 is 17.4 Å². The van der Waals surface area contributed by atoms with E-state index < -0.39 is 5.41 Å². The van der Waals surface area contributed by atoms with E-state index in [2.05, 4.69) is 16.0 Å². The van der Waals surface area contributed by atoms with Gasteiger partial charge >= 0.3 is 0 Å². The van der Waals surface area contributed by atoms with Crippen molar-refractivity contribution in [3.05, 3.63) is 58.8 Å². The van der Waals surface area contributed by atoms with Gasteiger partial charge in [-0.3, -0.25) is 9.59 Å². The molecule has 0 amide bonds. The fourth-order valence-electron chi connectivity index (χ4n) is 4.33. The highest BCUT2D eigenvalue weighted by atomic mass is 16.5. The number of pyridine rings is 1. The Morgan fingerprint density at radius 2 is 1.60 bits per heavy atom. The topological polar surface area (TPSA) is 59.5 Å². The van der Waals surface area contributed by atoms with Crippen LogP contribution < -0.4 is 4.90 Å². The van der Waals surface area contributed by atoms with Crippen molar-refractivity contribution in [1.29, 1.82) is 0 Å². The number of morpholine rings is 1. The number of carbonyl (C=O) groups is 2.